The van der Waals surface area contributed by atoms with Crippen molar-refractivity contribution in [3.8, 4) is 0 Å². The van der Waals surface area contributed by atoms with E-state index < -0.39 is 17.4 Å². The van der Waals surface area contributed by atoms with Crippen molar-refractivity contribution >= 4 is 5.82 Å². The minimum Gasteiger partial charge on any atom is -0.351 e. The molecule has 7 heteroatoms. The van der Waals surface area contributed by atoms with Gasteiger partial charge in [-0.05, 0) is 13.0 Å². The fourth-order valence-corrected chi connectivity index (χ4v) is 3.00. The SMILES string of the molecule is C[C@]1(F)C[C@@H]2CNCCN2c2ncc(C(F)(F)F)cc21. The minimum absolute atomic E-state index is 0.0467. The topological polar surface area (TPSA) is 28.2 Å². The smallest absolute Gasteiger partial charge is 0.351 e. The molecule has 20 heavy (non-hydrogen) atoms. The van der Waals surface area contributed by atoms with E-state index in [0.29, 0.717) is 18.9 Å². The lowest BCUT2D eigenvalue weighted by atomic mass is 9.84. The van der Waals surface area contributed by atoms with Gasteiger partial charge in [0, 0.05) is 43.9 Å². The van der Waals surface area contributed by atoms with Crippen LogP contribution in [0.25, 0.3) is 0 Å². The molecule has 1 fully saturated rings. The molecule has 0 aromatic carbocycles. The van der Waals surface area contributed by atoms with Gasteiger partial charge in [-0.2, -0.15) is 13.2 Å². The highest BCUT2D eigenvalue weighted by Crippen LogP contribution is 2.44. The molecule has 0 aliphatic carbocycles. The molecule has 0 spiro atoms. The number of nitrogens with zero attached hydrogens (tertiary/aromatic N) is 2. The number of fused-ring (bicyclic) bond motifs is 3. The molecule has 2 atom stereocenters. The number of hydrogen-bond donors (Lipinski definition) is 1. The maximum absolute atomic E-state index is 14.7. The van der Waals surface area contributed by atoms with Crippen LogP contribution in [0.5, 0.6) is 0 Å². The molecule has 1 aromatic heterocycles. The van der Waals surface area contributed by atoms with Crippen LogP contribution in [0.2, 0.25) is 0 Å². The second-order valence-corrected chi connectivity index (χ2v) is 5.55. The summed E-state index contributed by atoms with van der Waals surface area (Å²) in [5.74, 6) is 0.348. The highest BCUT2D eigenvalue weighted by atomic mass is 19.4. The summed E-state index contributed by atoms with van der Waals surface area (Å²) in [5, 5.41) is 3.17. The fraction of sp³-hybridized carbons (Fsp3) is 0.615. The van der Waals surface area contributed by atoms with Gasteiger partial charge in [0.25, 0.3) is 0 Å². The molecule has 0 unspecified atom stereocenters. The zero-order chi connectivity index (χ0) is 14.5. The van der Waals surface area contributed by atoms with Crippen LogP contribution in [0, 0.1) is 0 Å². The van der Waals surface area contributed by atoms with E-state index in [1.807, 2.05) is 4.90 Å². The van der Waals surface area contributed by atoms with E-state index in [-0.39, 0.29) is 18.0 Å². The van der Waals surface area contributed by atoms with E-state index in [9.17, 15) is 17.6 Å². The van der Waals surface area contributed by atoms with Gasteiger partial charge >= 0.3 is 6.18 Å². The van der Waals surface area contributed by atoms with Gasteiger partial charge in [0.15, 0.2) is 0 Å². The Morgan fingerprint density at radius 3 is 2.90 bits per heavy atom. The fourth-order valence-electron chi connectivity index (χ4n) is 3.00. The zero-order valence-electron chi connectivity index (χ0n) is 11.0. The first-order chi connectivity index (χ1) is 9.29. The summed E-state index contributed by atoms with van der Waals surface area (Å²) in [5.41, 5.74) is -2.64. The highest BCUT2D eigenvalue weighted by Gasteiger charge is 2.44. The summed E-state index contributed by atoms with van der Waals surface area (Å²) >= 11 is 0. The minimum atomic E-state index is -4.50. The first-order valence-corrected chi connectivity index (χ1v) is 6.53. The van der Waals surface area contributed by atoms with E-state index >= 15 is 0 Å². The number of nitrogens with one attached hydrogen (secondary N) is 1. The average Bonchev–Trinajstić information content (AvgIpc) is 2.37. The largest absolute Gasteiger partial charge is 0.417 e. The van der Waals surface area contributed by atoms with Crippen LogP contribution in [-0.4, -0.2) is 30.7 Å². The molecular weight excluding hydrogens is 274 g/mol. The van der Waals surface area contributed by atoms with Gasteiger partial charge in [0.1, 0.15) is 11.5 Å². The monoisotopic (exact) mass is 289 g/mol. The van der Waals surface area contributed by atoms with E-state index in [1.165, 1.54) is 6.92 Å². The Morgan fingerprint density at radius 1 is 1.45 bits per heavy atom. The third-order valence-corrected chi connectivity index (χ3v) is 4.00. The molecule has 0 radical (unpaired) electrons. The van der Waals surface area contributed by atoms with Crippen LogP contribution >= 0.6 is 0 Å². The summed E-state index contributed by atoms with van der Waals surface area (Å²) in [4.78, 5) is 5.81. The van der Waals surface area contributed by atoms with E-state index in [1.54, 1.807) is 0 Å². The van der Waals surface area contributed by atoms with E-state index in [0.717, 1.165) is 18.8 Å². The van der Waals surface area contributed by atoms with E-state index in [4.69, 9.17) is 0 Å². The number of aromatic nitrogens is 1. The normalized spacial score (nSPS) is 29.9. The van der Waals surface area contributed by atoms with Crippen LogP contribution in [0.4, 0.5) is 23.4 Å². The number of hydrogen-bond acceptors (Lipinski definition) is 3. The maximum Gasteiger partial charge on any atom is 0.417 e. The van der Waals surface area contributed by atoms with Gasteiger partial charge in [-0.1, -0.05) is 0 Å². The number of pyridine rings is 1. The van der Waals surface area contributed by atoms with Crippen LogP contribution in [0.15, 0.2) is 12.3 Å². The molecular formula is C13H15F4N3. The molecule has 0 amide bonds. The lowest BCUT2D eigenvalue weighted by Gasteiger charge is -2.45. The molecule has 110 valence electrons. The molecule has 1 saturated heterocycles. The van der Waals surface area contributed by atoms with Gasteiger partial charge in [-0.3, -0.25) is 0 Å². The van der Waals surface area contributed by atoms with Crippen LogP contribution < -0.4 is 10.2 Å². The van der Waals surface area contributed by atoms with Gasteiger partial charge in [-0.25, -0.2) is 9.37 Å². The predicted molar refractivity (Wildman–Crippen MR) is 66.3 cm³/mol. The molecule has 2 aliphatic rings. The van der Waals surface area contributed by atoms with Gasteiger partial charge < -0.3 is 10.2 Å². The lowest BCUT2D eigenvalue weighted by Crippen LogP contribution is -2.56. The van der Waals surface area contributed by atoms with Gasteiger partial charge in [0.2, 0.25) is 0 Å². The molecule has 2 aliphatic heterocycles. The van der Waals surface area contributed by atoms with Crippen LogP contribution in [0.3, 0.4) is 0 Å². The Bertz CT molecular complexity index is 527. The molecule has 0 bridgehead atoms. The average molecular weight is 289 g/mol. The van der Waals surface area contributed by atoms with Crippen molar-refractivity contribution in [3.05, 3.63) is 23.4 Å². The molecule has 3 rings (SSSR count). The van der Waals surface area contributed by atoms with Crippen molar-refractivity contribution in [1.82, 2.24) is 10.3 Å². The first-order valence-electron chi connectivity index (χ1n) is 6.53. The summed E-state index contributed by atoms with van der Waals surface area (Å²) in [7, 11) is 0. The Labute approximate surface area is 114 Å². The maximum atomic E-state index is 14.7. The zero-order valence-corrected chi connectivity index (χ0v) is 11.0. The van der Waals surface area contributed by atoms with Crippen molar-refractivity contribution in [2.24, 2.45) is 0 Å². The Balaban J connectivity index is 2.09. The van der Waals surface area contributed by atoms with Crippen molar-refractivity contribution in [2.45, 2.75) is 31.2 Å². The molecule has 3 nitrogen and oxygen atoms in total. The number of halogens is 4. The number of anilines is 1. The summed E-state index contributed by atoms with van der Waals surface area (Å²) < 4.78 is 53.0. The Hall–Kier alpha value is -1.37. The molecule has 0 saturated carbocycles. The number of alkyl halides is 4. The van der Waals surface area contributed by atoms with Crippen molar-refractivity contribution in [3.63, 3.8) is 0 Å². The van der Waals surface area contributed by atoms with Crippen LogP contribution in [0.1, 0.15) is 24.5 Å². The van der Waals surface area contributed by atoms with E-state index in [2.05, 4.69) is 10.3 Å². The Morgan fingerprint density at radius 2 is 2.20 bits per heavy atom. The second kappa shape index (κ2) is 4.31. The van der Waals surface area contributed by atoms with Gasteiger partial charge in [-0.15, -0.1) is 0 Å². The third kappa shape index (κ3) is 2.13. The Kier molecular flexibility index (Phi) is 2.93. The number of rotatable bonds is 0. The summed E-state index contributed by atoms with van der Waals surface area (Å²) in [6.07, 6.45) is -3.53. The van der Waals surface area contributed by atoms with Crippen molar-refractivity contribution in [1.29, 1.82) is 0 Å². The molecule has 1 aromatic rings. The standard InChI is InChI=1S/C13H15F4N3/c1-12(14)5-9-7-18-2-3-20(9)11-10(12)4-8(6-19-11)13(15,16)17/h4,6,9,18H,2-3,5,7H2,1H3/t9-,12+/m1/s1. The summed E-state index contributed by atoms with van der Waals surface area (Å²) in [6, 6.07) is 0.844. The second-order valence-electron chi connectivity index (χ2n) is 5.55. The van der Waals surface area contributed by atoms with Crippen molar-refractivity contribution in [2.75, 3.05) is 24.5 Å². The molecule has 1 N–H and O–H groups in total. The van der Waals surface area contributed by atoms with Crippen LogP contribution in [-0.2, 0) is 11.8 Å². The number of piperazine rings is 1. The van der Waals surface area contributed by atoms with Gasteiger partial charge in [0.05, 0.1) is 5.56 Å². The first kappa shape index (κ1) is 13.6. The lowest BCUT2D eigenvalue weighted by molar-refractivity contribution is -0.138. The quantitative estimate of drug-likeness (QED) is 0.744. The predicted octanol–water partition coefficient (Wildman–Crippen LogP) is 2.47. The van der Waals surface area contributed by atoms with Crippen molar-refractivity contribution < 1.29 is 17.6 Å². The highest BCUT2D eigenvalue weighted by molar-refractivity contribution is 5.55. The third-order valence-electron chi connectivity index (χ3n) is 4.00. The summed E-state index contributed by atoms with van der Waals surface area (Å²) in [6.45, 7) is 3.31. The molecule has 3 heterocycles.